The highest BCUT2D eigenvalue weighted by Gasteiger charge is 2.22. The number of ether oxygens (including phenoxy) is 2. The van der Waals surface area contributed by atoms with Crippen LogP contribution in [-0.4, -0.2) is 37.7 Å². The van der Waals surface area contributed by atoms with Crippen molar-refractivity contribution in [2.75, 3.05) is 19.5 Å². The zero-order valence-electron chi connectivity index (χ0n) is 23.2. The number of rotatable bonds is 9. The van der Waals surface area contributed by atoms with Crippen molar-refractivity contribution in [2.45, 2.75) is 26.4 Å². The van der Waals surface area contributed by atoms with E-state index in [0.717, 1.165) is 41.4 Å². The van der Waals surface area contributed by atoms with Crippen molar-refractivity contribution in [3.8, 4) is 16.9 Å². The van der Waals surface area contributed by atoms with Gasteiger partial charge in [0, 0.05) is 24.6 Å². The molecule has 1 amide bonds. The number of pyridine rings is 1. The molecule has 0 aliphatic heterocycles. The number of anilines is 1. The number of carbonyl (C=O) groups is 3. The van der Waals surface area contributed by atoms with Gasteiger partial charge in [0.2, 0.25) is 0 Å². The second kappa shape index (κ2) is 12.1. The molecular weight excluding hydrogens is 516 g/mol. The van der Waals surface area contributed by atoms with Gasteiger partial charge < -0.3 is 14.8 Å². The monoisotopic (exact) mass is 546 g/mol. The maximum atomic E-state index is 13.1. The summed E-state index contributed by atoms with van der Waals surface area (Å²) in [5.74, 6) is 0.195. The van der Waals surface area contributed by atoms with Crippen molar-refractivity contribution in [3.63, 3.8) is 0 Å². The van der Waals surface area contributed by atoms with Crippen molar-refractivity contribution in [1.82, 2.24) is 4.98 Å². The van der Waals surface area contributed by atoms with Crippen molar-refractivity contribution in [3.05, 3.63) is 111 Å². The van der Waals surface area contributed by atoms with E-state index in [2.05, 4.69) is 40.6 Å². The van der Waals surface area contributed by atoms with Gasteiger partial charge in [-0.3, -0.25) is 19.4 Å². The number of hydrogen-bond acceptors (Lipinski definition) is 6. The zero-order valence-corrected chi connectivity index (χ0v) is 23.2. The lowest BCUT2D eigenvalue weighted by Gasteiger charge is -2.16. The quantitative estimate of drug-likeness (QED) is 0.239. The van der Waals surface area contributed by atoms with E-state index >= 15 is 0 Å². The number of nitrogens with one attached hydrogen (secondary N) is 1. The Bertz CT molecular complexity index is 1690. The summed E-state index contributed by atoms with van der Waals surface area (Å²) in [4.78, 5) is 39.9. The van der Waals surface area contributed by atoms with Crippen LogP contribution in [0, 0.1) is 6.92 Å². The molecular formula is C34H30N2O5. The molecule has 4 aromatic rings. The minimum Gasteiger partial charge on any atom is -0.496 e. The van der Waals surface area contributed by atoms with Crippen molar-refractivity contribution in [2.24, 2.45) is 0 Å². The van der Waals surface area contributed by atoms with E-state index in [1.54, 1.807) is 19.2 Å². The van der Waals surface area contributed by atoms with Gasteiger partial charge in [0.05, 0.1) is 19.3 Å². The van der Waals surface area contributed by atoms with Gasteiger partial charge in [0.1, 0.15) is 11.4 Å². The smallest absolute Gasteiger partial charge is 0.274 e. The summed E-state index contributed by atoms with van der Waals surface area (Å²) in [6.45, 7) is 2.20. The fourth-order valence-electron chi connectivity index (χ4n) is 5.34. The van der Waals surface area contributed by atoms with Crippen molar-refractivity contribution in [1.29, 1.82) is 0 Å². The first kappa shape index (κ1) is 27.7. The zero-order chi connectivity index (χ0) is 28.9. The lowest BCUT2D eigenvalue weighted by molar-refractivity contribution is 0.101. The predicted octanol–water partition coefficient (Wildman–Crippen LogP) is 6.58. The van der Waals surface area contributed by atoms with Crippen molar-refractivity contribution >= 4 is 35.8 Å². The van der Waals surface area contributed by atoms with Crippen LogP contribution in [0.5, 0.6) is 5.75 Å². The number of aldehydes is 2. The molecule has 0 saturated carbocycles. The molecule has 0 bridgehead atoms. The minimum atomic E-state index is -0.361. The van der Waals surface area contributed by atoms with Crippen LogP contribution in [0.3, 0.4) is 0 Å². The number of hydrogen-bond donors (Lipinski definition) is 1. The highest BCUT2D eigenvalue weighted by atomic mass is 16.5. The second-order valence-electron chi connectivity index (χ2n) is 9.87. The maximum Gasteiger partial charge on any atom is 0.274 e. The molecule has 0 spiro atoms. The molecule has 1 aromatic heterocycles. The topological polar surface area (TPSA) is 94.6 Å². The first-order valence-electron chi connectivity index (χ1n) is 13.3. The summed E-state index contributed by atoms with van der Waals surface area (Å²) in [5.41, 5.74) is 10.2. The molecule has 0 atom stereocenters. The molecule has 0 radical (unpaired) electrons. The molecule has 206 valence electrons. The summed E-state index contributed by atoms with van der Waals surface area (Å²) < 4.78 is 10.5. The third-order valence-corrected chi connectivity index (χ3v) is 7.45. The highest BCUT2D eigenvalue weighted by molar-refractivity contribution is 6.04. The van der Waals surface area contributed by atoms with Gasteiger partial charge >= 0.3 is 0 Å². The largest absolute Gasteiger partial charge is 0.496 e. The van der Waals surface area contributed by atoms with E-state index in [0.29, 0.717) is 34.4 Å². The first-order chi connectivity index (χ1) is 20.0. The number of nitrogens with zero attached hydrogens (tertiary/aromatic N) is 1. The maximum absolute atomic E-state index is 13.1. The average Bonchev–Trinajstić information content (AvgIpc) is 3.41. The fourth-order valence-corrected chi connectivity index (χ4v) is 5.34. The van der Waals surface area contributed by atoms with E-state index in [1.165, 1.54) is 30.0 Å². The highest BCUT2D eigenvalue weighted by Crippen LogP contribution is 2.41. The van der Waals surface area contributed by atoms with Crippen molar-refractivity contribution < 1.29 is 23.9 Å². The summed E-state index contributed by atoms with van der Waals surface area (Å²) in [6.07, 6.45) is 6.83. The van der Waals surface area contributed by atoms with Crippen LogP contribution in [0.2, 0.25) is 0 Å². The number of methoxy groups -OCH3 is 2. The Hall–Kier alpha value is -4.88. The molecule has 7 heteroatoms. The number of aromatic nitrogens is 1. The fraction of sp³-hybridized carbons (Fsp3) is 0.176. The Morgan fingerprint density at radius 2 is 1.68 bits per heavy atom. The average molecular weight is 547 g/mol. The normalized spacial score (nSPS) is 13.1. The Kier molecular flexibility index (Phi) is 8.17. The molecule has 1 heterocycles. The molecule has 1 aliphatic carbocycles. The third kappa shape index (κ3) is 5.58. The van der Waals surface area contributed by atoms with Gasteiger partial charge in [-0.15, -0.1) is 0 Å². The number of fused-ring (bicyclic) bond motifs is 1. The lowest BCUT2D eigenvalue weighted by Crippen LogP contribution is -2.15. The second-order valence-corrected chi connectivity index (χ2v) is 9.87. The van der Waals surface area contributed by atoms with Crippen LogP contribution in [0.15, 0.2) is 66.9 Å². The minimum absolute atomic E-state index is 0.207. The van der Waals surface area contributed by atoms with E-state index in [4.69, 9.17) is 9.47 Å². The molecule has 5 rings (SSSR count). The summed E-state index contributed by atoms with van der Waals surface area (Å²) in [7, 11) is 3.10. The van der Waals surface area contributed by atoms with E-state index in [1.807, 2.05) is 31.2 Å². The Labute approximate surface area is 238 Å². The molecule has 0 unspecified atom stereocenters. The van der Waals surface area contributed by atoms with Crippen LogP contribution in [0.4, 0.5) is 5.69 Å². The predicted molar refractivity (Wildman–Crippen MR) is 159 cm³/mol. The molecule has 1 aliphatic rings. The van der Waals surface area contributed by atoms with E-state index in [9.17, 15) is 14.4 Å². The van der Waals surface area contributed by atoms with E-state index < -0.39 is 0 Å². The summed E-state index contributed by atoms with van der Waals surface area (Å²) in [6, 6.07) is 19.4. The Balaban J connectivity index is 1.45. The molecule has 1 N–H and O–H groups in total. The van der Waals surface area contributed by atoms with Gasteiger partial charge in [0.25, 0.3) is 5.91 Å². The van der Waals surface area contributed by atoms with Crippen LogP contribution in [0.25, 0.3) is 22.8 Å². The number of carbonyl (C=O) groups excluding carboxylic acids is 3. The number of allylic oxidation sites excluding steroid dienone is 1. The Morgan fingerprint density at radius 1 is 0.927 bits per heavy atom. The third-order valence-electron chi connectivity index (χ3n) is 7.45. The summed E-state index contributed by atoms with van der Waals surface area (Å²) in [5, 5.41) is 2.99. The summed E-state index contributed by atoms with van der Waals surface area (Å²) >= 11 is 0. The van der Waals surface area contributed by atoms with Crippen LogP contribution in [0.1, 0.15) is 65.4 Å². The SMILES string of the molecule is COCc1cc(C(=O)Nc2cccc(-c3cccc4c3CC/C4=C\c3ccc(C=O)c(OC)c3)c2C)ncc1C=O. The van der Waals surface area contributed by atoms with Crippen LogP contribution in [-0.2, 0) is 17.8 Å². The standard InChI is InChI=1S/C34H30N2O5/c1-21-27(6-5-9-31(21)36-34(39)32-16-25(20-40-2)26(19-38)17-35-32)29-8-4-7-28-23(12-13-30(28)29)14-22-10-11-24(18-37)33(15-22)41-3/h4-11,14-19H,12-13,20H2,1-3H3,(H,36,39)/b23-14+. The van der Waals surface area contributed by atoms with Crippen LogP contribution >= 0.6 is 0 Å². The molecule has 0 saturated heterocycles. The molecule has 3 aromatic carbocycles. The molecule has 7 nitrogen and oxygen atoms in total. The van der Waals surface area contributed by atoms with Crippen LogP contribution < -0.4 is 10.1 Å². The molecule has 0 fully saturated rings. The lowest BCUT2D eigenvalue weighted by atomic mass is 9.92. The van der Waals surface area contributed by atoms with E-state index in [-0.39, 0.29) is 18.2 Å². The molecule has 41 heavy (non-hydrogen) atoms. The first-order valence-corrected chi connectivity index (χ1v) is 13.3. The number of benzene rings is 3. The van der Waals surface area contributed by atoms with Gasteiger partial charge in [-0.05, 0) is 88.5 Å². The van der Waals surface area contributed by atoms with Gasteiger partial charge in [-0.2, -0.15) is 0 Å². The Morgan fingerprint density at radius 3 is 2.44 bits per heavy atom. The van der Waals surface area contributed by atoms with Gasteiger partial charge in [-0.25, -0.2) is 0 Å². The van der Waals surface area contributed by atoms with Gasteiger partial charge in [-0.1, -0.05) is 42.5 Å². The number of amides is 1. The van der Waals surface area contributed by atoms with Gasteiger partial charge in [0.15, 0.2) is 12.6 Å².